The topological polar surface area (TPSA) is 16.9 Å². The molecule has 23 heavy (non-hydrogen) atoms. The van der Waals surface area contributed by atoms with E-state index in [1.54, 1.807) is 4.90 Å². The first-order valence-corrected chi connectivity index (χ1v) is 9.32. The summed E-state index contributed by atoms with van der Waals surface area (Å²) in [6, 6.07) is 8.49. The summed E-state index contributed by atoms with van der Waals surface area (Å²) in [5.74, 6) is 3.78. The Balaban J connectivity index is 1.33. The number of hydrogen-bond acceptors (Lipinski definition) is 2. The van der Waals surface area contributed by atoms with Crippen LogP contribution in [-0.4, -0.2) is 39.3 Å². The summed E-state index contributed by atoms with van der Waals surface area (Å²) < 4.78 is 5.80. The molecular weight excluding hydrogens is 284 g/mol. The second kappa shape index (κ2) is 6.56. The normalized spacial score (nSPS) is 30.1. The summed E-state index contributed by atoms with van der Waals surface area (Å²) in [5.41, 5.74) is 1.27. The van der Waals surface area contributed by atoms with Gasteiger partial charge in [-0.2, -0.15) is 0 Å². The highest BCUT2D eigenvalue weighted by atomic mass is 16.5. The van der Waals surface area contributed by atoms with Gasteiger partial charge in [0.2, 0.25) is 0 Å². The van der Waals surface area contributed by atoms with Crippen molar-refractivity contribution in [1.29, 1.82) is 0 Å². The molecule has 2 bridgehead atoms. The average molecular weight is 313 g/mol. The molecule has 0 radical (unpaired) electrons. The molecule has 3 nitrogen and oxygen atoms in total. The van der Waals surface area contributed by atoms with Crippen LogP contribution >= 0.6 is 0 Å². The second-order valence-electron chi connectivity index (χ2n) is 7.38. The Kier molecular flexibility index (Phi) is 4.30. The number of hydrogen-bond donors (Lipinski definition) is 1. The third-order valence-electron chi connectivity index (χ3n) is 5.94. The molecular formula is C20H29N2O+. The molecule has 2 aliphatic carbocycles. The van der Waals surface area contributed by atoms with E-state index in [9.17, 15) is 0 Å². The molecule has 0 amide bonds. The van der Waals surface area contributed by atoms with E-state index in [-0.39, 0.29) is 0 Å². The Morgan fingerprint density at radius 2 is 1.96 bits per heavy atom. The number of rotatable bonds is 5. The molecule has 0 aromatic heterocycles. The Hall–Kier alpha value is -1.48. The Bertz CT molecular complexity index is 563. The van der Waals surface area contributed by atoms with E-state index in [0.717, 1.165) is 43.2 Å². The molecule has 1 saturated heterocycles. The van der Waals surface area contributed by atoms with Gasteiger partial charge in [-0.1, -0.05) is 24.3 Å². The largest absolute Gasteiger partial charge is 0.492 e. The molecule has 1 aromatic rings. The minimum Gasteiger partial charge on any atom is -0.492 e. The summed E-state index contributed by atoms with van der Waals surface area (Å²) in [6.07, 6.45) is 7.83. The molecule has 3 aliphatic rings. The number of quaternary nitrogens is 1. The third-order valence-corrected chi connectivity index (χ3v) is 5.94. The van der Waals surface area contributed by atoms with Crippen molar-refractivity contribution in [2.24, 2.45) is 17.8 Å². The van der Waals surface area contributed by atoms with Crippen LogP contribution in [-0.2, 0) is 0 Å². The molecule has 3 heteroatoms. The van der Waals surface area contributed by atoms with Gasteiger partial charge >= 0.3 is 0 Å². The maximum absolute atomic E-state index is 5.80. The van der Waals surface area contributed by atoms with Crippen LogP contribution < -0.4 is 14.5 Å². The van der Waals surface area contributed by atoms with Gasteiger partial charge in [-0.3, -0.25) is 0 Å². The summed E-state index contributed by atoms with van der Waals surface area (Å²) >= 11 is 0. The van der Waals surface area contributed by atoms with E-state index in [1.807, 2.05) is 0 Å². The van der Waals surface area contributed by atoms with Gasteiger partial charge in [0.1, 0.15) is 5.75 Å². The van der Waals surface area contributed by atoms with Gasteiger partial charge < -0.3 is 14.5 Å². The number of anilines is 1. The standard InChI is InChI=1S/C20H28N2O/c1-2-23-20-6-4-3-5-19(20)22-11-9-21(10-12-22)15-18-14-16-7-8-17(18)13-16/h3-8,16-18H,2,9-15H2,1H3/p+1/t16-,17-,18-/m0/s1. The van der Waals surface area contributed by atoms with Gasteiger partial charge in [-0.15, -0.1) is 0 Å². The molecule has 4 rings (SSSR count). The predicted molar refractivity (Wildman–Crippen MR) is 94.2 cm³/mol. The zero-order valence-electron chi connectivity index (χ0n) is 14.2. The van der Waals surface area contributed by atoms with Crippen molar-refractivity contribution in [2.45, 2.75) is 19.8 Å². The monoisotopic (exact) mass is 313 g/mol. The van der Waals surface area contributed by atoms with E-state index in [2.05, 4.69) is 48.2 Å². The first-order valence-electron chi connectivity index (χ1n) is 9.32. The van der Waals surface area contributed by atoms with E-state index < -0.39 is 0 Å². The molecule has 0 spiro atoms. The van der Waals surface area contributed by atoms with Crippen LogP contribution in [0.25, 0.3) is 0 Å². The van der Waals surface area contributed by atoms with Crippen LogP contribution in [0.5, 0.6) is 5.75 Å². The minimum atomic E-state index is 0.736. The van der Waals surface area contributed by atoms with Gasteiger partial charge in [-0.05, 0) is 43.7 Å². The third kappa shape index (κ3) is 3.12. The van der Waals surface area contributed by atoms with Crippen molar-refractivity contribution < 1.29 is 9.64 Å². The number of fused-ring (bicyclic) bond motifs is 2. The van der Waals surface area contributed by atoms with Crippen molar-refractivity contribution in [3.8, 4) is 5.75 Å². The average Bonchev–Trinajstić information content (AvgIpc) is 3.19. The lowest BCUT2D eigenvalue weighted by Gasteiger charge is -2.36. The van der Waals surface area contributed by atoms with Crippen LogP contribution in [0.3, 0.4) is 0 Å². The lowest BCUT2D eigenvalue weighted by molar-refractivity contribution is -0.904. The lowest BCUT2D eigenvalue weighted by Crippen LogP contribution is -3.15. The van der Waals surface area contributed by atoms with Crippen LogP contribution in [0.15, 0.2) is 36.4 Å². The highest BCUT2D eigenvalue weighted by Crippen LogP contribution is 2.42. The van der Waals surface area contributed by atoms with Crippen molar-refractivity contribution in [1.82, 2.24) is 0 Å². The SMILES string of the molecule is CCOc1ccccc1N1CC[NH+](C[C@@H]2C[C@H]3C=C[C@H]2C3)CC1. The summed E-state index contributed by atoms with van der Waals surface area (Å²) in [4.78, 5) is 4.32. The maximum atomic E-state index is 5.80. The second-order valence-corrected chi connectivity index (χ2v) is 7.38. The maximum Gasteiger partial charge on any atom is 0.142 e. The minimum absolute atomic E-state index is 0.736. The molecule has 1 aromatic carbocycles. The molecule has 0 unspecified atom stereocenters. The number of ether oxygens (including phenoxy) is 1. The van der Waals surface area contributed by atoms with E-state index in [0.29, 0.717) is 0 Å². The fourth-order valence-electron chi connectivity index (χ4n) is 4.76. The molecule has 124 valence electrons. The number of benzene rings is 1. The lowest BCUT2D eigenvalue weighted by atomic mass is 9.93. The number of piperazine rings is 1. The first-order chi connectivity index (χ1) is 11.3. The van der Waals surface area contributed by atoms with E-state index in [1.165, 1.54) is 38.2 Å². The number of allylic oxidation sites excluding steroid dienone is 2. The van der Waals surface area contributed by atoms with Crippen LogP contribution in [0.1, 0.15) is 19.8 Å². The molecule has 1 heterocycles. The summed E-state index contributed by atoms with van der Waals surface area (Å²) in [6.45, 7) is 9.00. The number of nitrogens with zero attached hydrogens (tertiary/aromatic N) is 1. The molecule has 1 N–H and O–H groups in total. The van der Waals surface area contributed by atoms with Crippen molar-refractivity contribution >= 4 is 5.69 Å². The van der Waals surface area contributed by atoms with Crippen molar-refractivity contribution in [3.63, 3.8) is 0 Å². The van der Waals surface area contributed by atoms with E-state index >= 15 is 0 Å². The predicted octanol–water partition coefficient (Wildman–Crippen LogP) is 2.00. The van der Waals surface area contributed by atoms with Gasteiger partial charge in [0.15, 0.2) is 0 Å². The van der Waals surface area contributed by atoms with Crippen molar-refractivity contribution in [2.75, 3.05) is 44.2 Å². The first kappa shape index (κ1) is 15.1. The summed E-state index contributed by atoms with van der Waals surface area (Å²) in [5, 5.41) is 0. The zero-order chi connectivity index (χ0) is 15.6. The van der Waals surface area contributed by atoms with Gasteiger partial charge in [-0.25, -0.2) is 0 Å². The van der Waals surface area contributed by atoms with Gasteiger partial charge in [0, 0.05) is 5.92 Å². The number of para-hydroxylation sites is 2. The van der Waals surface area contributed by atoms with Gasteiger partial charge in [0.05, 0.1) is 45.0 Å². The summed E-state index contributed by atoms with van der Waals surface area (Å²) in [7, 11) is 0. The smallest absolute Gasteiger partial charge is 0.142 e. The van der Waals surface area contributed by atoms with Crippen LogP contribution in [0.4, 0.5) is 5.69 Å². The van der Waals surface area contributed by atoms with E-state index in [4.69, 9.17) is 4.74 Å². The van der Waals surface area contributed by atoms with Crippen LogP contribution in [0.2, 0.25) is 0 Å². The Morgan fingerprint density at radius 1 is 1.13 bits per heavy atom. The number of nitrogens with one attached hydrogen (secondary N) is 1. The fraction of sp³-hybridized carbons (Fsp3) is 0.600. The molecule has 3 atom stereocenters. The van der Waals surface area contributed by atoms with Gasteiger partial charge in [0.25, 0.3) is 0 Å². The highest BCUT2D eigenvalue weighted by Gasteiger charge is 2.38. The van der Waals surface area contributed by atoms with Crippen LogP contribution in [0, 0.1) is 17.8 Å². The fourth-order valence-corrected chi connectivity index (χ4v) is 4.76. The molecule has 1 aliphatic heterocycles. The Labute approximate surface area is 139 Å². The quantitative estimate of drug-likeness (QED) is 0.838. The Morgan fingerprint density at radius 3 is 2.65 bits per heavy atom. The highest BCUT2D eigenvalue weighted by molar-refractivity contribution is 5.58. The molecule has 1 saturated carbocycles. The zero-order valence-corrected chi connectivity index (χ0v) is 14.2. The van der Waals surface area contributed by atoms with Crippen molar-refractivity contribution in [3.05, 3.63) is 36.4 Å². The molecule has 2 fully saturated rings.